The highest BCUT2D eigenvalue weighted by Gasteiger charge is 2.21. The zero-order valence-corrected chi connectivity index (χ0v) is 10.8. The minimum atomic E-state index is -1.12. The molecule has 5 heteroatoms. The third kappa shape index (κ3) is 4.72. The van der Waals surface area contributed by atoms with Crippen LogP contribution in [-0.2, 0) is 15.8 Å². The first-order valence-corrected chi connectivity index (χ1v) is 6.31. The number of piperidine rings is 1. The molecule has 4 nitrogen and oxygen atoms in total. The Hall–Kier alpha value is -0.260. The molecular weight excluding hydrogens is 224 g/mol. The van der Waals surface area contributed by atoms with Crippen LogP contribution in [0.15, 0.2) is 4.40 Å². The molecule has 1 aliphatic rings. The minimum Gasteiger partial charge on any atom is -0.302 e. The van der Waals surface area contributed by atoms with Gasteiger partial charge < -0.3 is 4.84 Å². The second-order valence-corrected chi connectivity index (χ2v) is 6.54. The van der Waals surface area contributed by atoms with Gasteiger partial charge >= 0.3 is 0 Å². The summed E-state index contributed by atoms with van der Waals surface area (Å²) in [5.74, 6) is 0. The van der Waals surface area contributed by atoms with Gasteiger partial charge in [0.05, 0.1) is 11.9 Å². The average Bonchev–Trinajstić information content (AvgIpc) is 2.17. The second-order valence-electron chi connectivity index (χ2n) is 4.63. The molecule has 1 unspecified atom stereocenters. The molecule has 0 aliphatic carbocycles. The SMILES string of the molecule is C.CON1CCC(=NS(=O)C(C)(C)C)CC1. The maximum absolute atomic E-state index is 11.8. The van der Waals surface area contributed by atoms with E-state index in [1.165, 1.54) is 0 Å². The summed E-state index contributed by atoms with van der Waals surface area (Å²) in [6, 6.07) is 0. The summed E-state index contributed by atoms with van der Waals surface area (Å²) in [5.41, 5.74) is 1.05. The predicted molar refractivity (Wildman–Crippen MR) is 69.9 cm³/mol. The Morgan fingerprint density at radius 2 is 1.81 bits per heavy atom. The van der Waals surface area contributed by atoms with Crippen LogP contribution in [0, 0.1) is 0 Å². The van der Waals surface area contributed by atoms with Crippen LogP contribution in [0.25, 0.3) is 0 Å². The fourth-order valence-corrected chi connectivity index (χ4v) is 1.96. The van der Waals surface area contributed by atoms with Gasteiger partial charge in [-0.25, -0.2) is 4.21 Å². The van der Waals surface area contributed by atoms with Crippen LogP contribution in [0.2, 0.25) is 0 Å². The van der Waals surface area contributed by atoms with Crippen LogP contribution < -0.4 is 0 Å². The highest BCUT2D eigenvalue weighted by Crippen LogP contribution is 2.15. The number of rotatable bonds is 2. The molecule has 0 N–H and O–H groups in total. The van der Waals surface area contributed by atoms with Crippen molar-refractivity contribution in [3.8, 4) is 0 Å². The Labute approximate surface area is 102 Å². The molecule has 0 bridgehead atoms. The summed E-state index contributed by atoms with van der Waals surface area (Å²) in [7, 11) is 0.557. The highest BCUT2D eigenvalue weighted by atomic mass is 32.2. The molecule has 0 aromatic carbocycles. The van der Waals surface area contributed by atoms with Gasteiger partial charge in [0.15, 0.2) is 0 Å². The molecule has 1 saturated heterocycles. The maximum Gasteiger partial charge on any atom is 0.144 e. The Morgan fingerprint density at radius 1 is 1.31 bits per heavy atom. The average molecular weight is 248 g/mol. The highest BCUT2D eigenvalue weighted by molar-refractivity contribution is 7.85. The molecule has 1 heterocycles. The van der Waals surface area contributed by atoms with Crippen LogP contribution in [0.3, 0.4) is 0 Å². The van der Waals surface area contributed by atoms with Crippen molar-refractivity contribution in [3.05, 3.63) is 0 Å². The minimum absolute atomic E-state index is 0. The van der Waals surface area contributed by atoms with Gasteiger partial charge in [-0.3, -0.25) is 0 Å². The van der Waals surface area contributed by atoms with Crippen molar-refractivity contribution in [1.29, 1.82) is 0 Å². The molecule has 1 rings (SSSR count). The van der Waals surface area contributed by atoms with Crippen LogP contribution in [0.4, 0.5) is 0 Å². The van der Waals surface area contributed by atoms with Crippen LogP contribution >= 0.6 is 0 Å². The van der Waals surface area contributed by atoms with Gasteiger partial charge in [-0.2, -0.15) is 9.46 Å². The molecule has 16 heavy (non-hydrogen) atoms. The largest absolute Gasteiger partial charge is 0.302 e. The Morgan fingerprint density at radius 3 is 2.19 bits per heavy atom. The normalized spacial score (nSPS) is 20.1. The van der Waals surface area contributed by atoms with Crippen LogP contribution in [0.5, 0.6) is 0 Å². The van der Waals surface area contributed by atoms with E-state index in [1.54, 1.807) is 7.11 Å². The van der Waals surface area contributed by atoms with E-state index in [0.717, 1.165) is 31.6 Å². The topological polar surface area (TPSA) is 41.9 Å². The molecule has 0 amide bonds. The van der Waals surface area contributed by atoms with Crippen LogP contribution in [-0.4, -0.2) is 39.9 Å². The number of hydrogen-bond acceptors (Lipinski definition) is 3. The molecular formula is C11H24N2O2S. The molecule has 1 aliphatic heterocycles. The van der Waals surface area contributed by atoms with E-state index in [-0.39, 0.29) is 12.2 Å². The summed E-state index contributed by atoms with van der Waals surface area (Å²) >= 11 is 0. The quantitative estimate of drug-likeness (QED) is 0.752. The lowest BCUT2D eigenvalue weighted by molar-refractivity contribution is -0.131. The van der Waals surface area contributed by atoms with Crippen molar-refractivity contribution in [1.82, 2.24) is 5.06 Å². The first-order chi connectivity index (χ1) is 6.93. The van der Waals surface area contributed by atoms with Crippen molar-refractivity contribution >= 4 is 16.7 Å². The number of nitrogens with zero attached hydrogens (tertiary/aromatic N) is 2. The lowest BCUT2D eigenvalue weighted by Gasteiger charge is -2.25. The summed E-state index contributed by atoms with van der Waals surface area (Å²) in [5, 5.41) is 1.90. The first kappa shape index (κ1) is 15.7. The molecule has 0 saturated carbocycles. The standard InChI is InChI=1S/C10H20N2O2S.CH4/c1-10(2,3)15(13)11-9-5-7-12(14-4)8-6-9;/h5-8H2,1-4H3;1H4. The van der Waals surface area contributed by atoms with E-state index in [1.807, 2.05) is 25.8 Å². The Kier molecular flexibility index (Phi) is 6.36. The number of hydrogen-bond donors (Lipinski definition) is 0. The fraction of sp³-hybridized carbons (Fsp3) is 0.909. The summed E-state index contributed by atoms with van der Waals surface area (Å²) in [6.45, 7) is 7.51. The molecule has 0 spiro atoms. The van der Waals surface area contributed by atoms with E-state index in [4.69, 9.17) is 4.84 Å². The molecule has 0 radical (unpaired) electrons. The van der Waals surface area contributed by atoms with Gasteiger partial charge in [-0.05, 0) is 20.8 Å². The van der Waals surface area contributed by atoms with Crippen molar-refractivity contribution in [2.75, 3.05) is 20.2 Å². The van der Waals surface area contributed by atoms with Crippen LogP contribution in [0.1, 0.15) is 41.0 Å². The molecule has 0 aromatic rings. The van der Waals surface area contributed by atoms with E-state index >= 15 is 0 Å². The van der Waals surface area contributed by atoms with Gasteiger partial charge in [0.1, 0.15) is 11.0 Å². The molecule has 0 aromatic heterocycles. The van der Waals surface area contributed by atoms with Crippen molar-refractivity contribution < 1.29 is 9.05 Å². The molecule has 1 fully saturated rings. The summed E-state index contributed by atoms with van der Waals surface area (Å²) in [6.07, 6.45) is 1.71. The van der Waals surface area contributed by atoms with Gasteiger partial charge in [-0.15, -0.1) is 0 Å². The van der Waals surface area contributed by atoms with E-state index in [2.05, 4.69) is 4.40 Å². The monoisotopic (exact) mass is 248 g/mol. The molecule has 96 valence electrons. The lowest BCUT2D eigenvalue weighted by atomic mass is 10.1. The fourth-order valence-electron chi connectivity index (χ4n) is 1.27. The third-order valence-corrected chi connectivity index (χ3v) is 3.77. The molecule has 1 atom stereocenters. The van der Waals surface area contributed by atoms with Gasteiger partial charge in [0.25, 0.3) is 0 Å². The zero-order chi connectivity index (χ0) is 11.5. The van der Waals surface area contributed by atoms with Crippen molar-refractivity contribution in [2.24, 2.45) is 4.40 Å². The van der Waals surface area contributed by atoms with Gasteiger partial charge in [0, 0.05) is 31.6 Å². The van der Waals surface area contributed by atoms with Gasteiger partial charge in [-0.1, -0.05) is 7.43 Å². The summed E-state index contributed by atoms with van der Waals surface area (Å²) in [4.78, 5) is 5.11. The second kappa shape index (κ2) is 6.47. The van der Waals surface area contributed by atoms with Crippen molar-refractivity contribution in [3.63, 3.8) is 0 Å². The smallest absolute Gasteiger partial charge is 0.144 e. The number of hydroxylamine groups is 2. The van der Waals surface area contributed by atoms with E-state index in [0.29, 0.717) is 0 Å². The third-order valence-electron chi connectivity index (χ3n) is 2.29. The Bertz CT molecular complexity index is 262. The first-order valence-electron chi connectivity index (χ1n) is 5.21. The lowest BCUT2D eigenvalue weighted by Crippen LogP contribution is -2.33. The van der Waals surface area contributed by atoms with Gasteiger partial charge in [0.2, 0.25) is 0 Å². The zero-order valence-electron chi connectivity index (χ0n) is 9.95. The predicted octanol–water partition coefficient (Wildman–Crippen LogP) is 2.18. The Balaban J connectivity index is 0.00000225. The van der Waals surface area contributed by atoms with Crippen molar-refractivity contribution in [2.45, 2.75) is 45.8 Å². The maximum atomic E-state index is 11.8. The van der Waals surface area contributed by atoms with E-state index in [9.17, 15) is 4.21 Å². The summed E-state index contributed by atoms with van der Waals surface area (Å²) < 4.78 is 15.8. The van der Waals surface area contributed by atoms with E-state index < -0.39 is 11.0 Å².